The first-order valence-electron chi connectivity index (χ1n) is 11.1. The van der Waals surface area contributed by atoms with E-state index in [-0.39, 0.29) is 5.91 Å². The maximum Gasteiger partial charge on any atom is 0.224 e. The standard InChI is InChI=1S/C24H39ClN2O/c1-2-3-4-5-6-7-8-9-10-11-12-13-14-15-16-17-24(28)27-23-19-18-21(25)20-22(23)26/h9-10,18-20H,2-8,11-17,26H2,1H3,(H,27,28)/b10-9-. The molecule has 0 aliphatic heterocycles. The van der Waals surface area contributed by atoms with E-state index in [0.29, 0.717) is 22.8 Å². The van der Waals surface area contributed by atoms with Crippen LogP contribution in [0.15, 0.2) is 30.4 Å². The predicted molar refractivity (Wildman–Crippen MR) is 124 cm³/mol. The lowest BCUT2D eigenvalue weighted by Crippen LogP contribution is -2.12. The number of anilines is 2. The van der Waals surface area contributed by atoms with E-state index in [0.717, 1.165) is 12.8 Å². The number of unbranched alkanes of at least 4 members (excludes halogenated alkanes) is 11. The van der Waals surface area contributed by atoms with Crippen molar-refractivity contribution in [2.75, 3.05) is 11.1 Å². The SMILES string of the molecule is CCCCCCCC/C=C\CCCCCCCC(=O)Nc1ccc(Cl)cc1N. The average molecular weight is 407 g/mol. The second kappa shape index (κ2) is 16.5. The Kier molecular flexibility index (Phi) is 14.4. The van der Waals surface area contributed by atoms with Crippen molar-refractivity contribution in [3.63, 3.8) is 0 Å². The van der Waals surface area contributed by atoms with E-state index in [4.69, 9.17) is 17.3 Å². The molecule has 0 aliphatic rings. The maximum absolute atomic E-state index is 12.0. The summed E-state index contributed by atoms with van der Waals surface area (Å²) in [4.78, 5) is 12.0. The highest BCUT2D eigenvalue weighted by Crippen LogP contribution is 2.23. The smallest absolute Gasteiger partial charge is 0.224 e. The second-order valence-electron chi connectivity index (χ2n) is 7.61. The molecule has 0 saturated heterocycles. The normalized spacial score (nSPS) is 11.2. The van der Waals surface area contributed by atoms with Gasteiger partial charge >= 0.3 is 0 Å². The summed E-state index contributed by atoms with van der Waals surface area (Å²) in [5.74, 6) is 0.0200. The minimum Gasteiger partial charge on any atom is -0.397 e. The number of amides is 1. The van der Waals surface area contributed by atoms with E-state index in [1.54, 1.807) is 18.2 Å². The van der Waals surface area contributed by atoms with Crippen molar-refractivity contribution in [2.45, 2.75) is 96.8 Å². The van der Waals surface area contributed by atoms with Crippen LogP contribution in [-0.2, 0) is 4.79 Å². The number of carbonyl (C=O) groups is 1. The molecule has 0 spiro atoms. The van der Waals surface area contributed by atoms with E-state index in [1.807, 2.05) is 0 Å². The van der Waals surface area contributed by atoms with Gasteiger partial charge in [0.2, 0.25) is 5.91 Å². The third-order valence-electron chi connectivity index (χ3n) is 4.95. The van der Waals surface area contributed by atoms with E-state index in [2.05, 4.69) is 24.4 Å². The number of rotatable bonds is 16. The lowest BCUT2D eigenvalue weighted by Gasteiger charge is -2.08. The number of benzene rings is 1. The van der Waals surface area contributed by atoms with Crippen molar-refractivity contribution in [2.24, 2.45) is 0 Å². The molecule has 0 bridgehead atoms. The molecule has 0 heterocycles. The van der Waals surface area contributed by atoms with Gasteiger partial charge in [-0.05, 0) is 50.3 Å². The number of carbonyl (C=O) groups excluding carboxylic acids is 1. The molecule has 3 nitrogen and oxygen atoms in total. The molecule has 1 aromatic rings. The van der Waals surface area contributed by atoms with Crippen molar-refractivity contribution in [1.29, 1.82) is 0 Å². The largest absolute Gasteiger partial charge is 0.397 e. The molecular formula is C24H39ClN2O. The van der Waals surface area contributed by atoms with Gasteiger partial charge in [-0.1, -0.05) is 82.0 Å². The topological polar surface area (TPSA) is 55.1 Å². The maximum atomic E-state index is 12.0. The Morgan fingerprint density at radius 3 is 2.11 bits per heavy atom. The number of nitrogens with two attached hydrogens (primary N) is 1. The summed E-state index contributed by atoms with van der Waals surface area (Å²) in [6.07, 6.45) is 21.6. The zero-order valence-corrected chi connectivity index (χ0v) is 18.4. The Bertz CT molecular complexity index is 572. The number of halogens is 1. The molecule has 0 atom stereocenters. The van der Waals surface area contributed by atoms with Crippen LogP contribution < -0.4 is 11.1 Å². The average Bonchev–Trinajstić information content (AvgIpc) is 2.67. The highest BCUT2D eigenvalue weighted by atomic mass is 35.5. The third-order valence-corrected chi connectivity index (χ3v) is 5.19. The van der Waals surface area contributed by atoms with Gasteiger partial charge in [-0.25, -0.2) is 0 Å². The van der Waals surface area contributed by atoms with Crippen LogP contribution in [0.4, 0.5) is 11.4 Å². The Balaban J connectivity index is 1.92. The minimum atomic E-state index is 0.0200. The molecule has 1 aromatic carbocycles. The van der Waals surface area contributed by atoms with Crippen molar-refractivity contribution in [3.05, 3.63) is 35.4 Å². The van der Waals surface area contributed by atoms with Crippen molar-refractivity contribution in [3.8, 4) is 0 Å². The van der Waals surface area contributed by atoms with Gasteiger partial charge in [0.1, 0.15) is 0 Å². The Morgan fingerprint density at radius 1 is 0.929 bits per heavy atom. The lowest BCUT2D eigenvalue weighted by molar-refractivity contribution is -0.116. The summed E-state index contributed by atoms with van der Waals surface area (Å²) in [5.41, 5.74) is 7.00. The molecule has 4 heteroatoms. The molecule has 0 fully saturated rings. The quantitative estimate of drug-likeness (QED) is 0.166. The molecule has 0 unspecified atom stereocenters. The zero-order chi connectivity index (χ0) is 20.5. The second-order valence-corrected chi connectivity index (χ2v) is 8.05. The summed E-state index contributed by atoms with van der Waals surface area (Å²) >= 11 is 5.86. The van der Waals surface area contributed by atoms with Crippen LogP contribution in [0.25, 0.3) is 0 Å². The van der Waals surface area contributed by atoms with Crippen LogP contribution in [0.3, 0.4) is 0 Å². The molecule has 158 valence electrons. The fourth-order valence-corrected chi connectivity index (χ4v) is 3.40. The fraction of sp³-hybridized carbons (Fsp3) is 0.625. The summed E-state index contributed by atoms with van der Waals surface area (Å²) in [5, 5.41) is 3.43. The van der Waals surface area contributed by atoms with Crippen molar-refractivity contribution < 1.29 is 4.79 Å². The molecule has 1 rings (SSSR count). The van der Waals surface area contributed by atoms with Crippen LogP contribution in [0.5, 0.6) is 0 Å². The van der Waals surface area contributed by atoms with Crippen LogP contribution >= 0.6 is 11.6 Å². The summed E-state index contributed by atoms with van der Waals surface area (Å²) < 4.78 is 0. The first-order valence-corrected chi connectivity index (χ1v) is 11.5. The Hall–Kier alpha value is -1.48. The van der Waals surface area contributed by atoms with Gasteiger partial charge in [-0.15, -0.1) is 0 Å². The lowest BCUT2D eigenvalue weighted by atomic mass is 10.1. The Morgan fingerprint density at radius 2 is 1.50 bits per heavy atom. The van der Waals surface area contributed by atoms with Gasteiger partial charge in [-0.2, -0.15) is 0 Å². The first kappa shape index (κ1) is 24.6. The number of allylic oxidation sites excluding steroid dienone is 2. The van der Waals surface area contributed by atoms with Crippen LogP contribution in [0, 0.1) is 0 Å². The van der Waals surface area contributed by atoms with E-state index >= 15 is 0 Å². The van der Waals surface area contributed by atoms with Gasteiger partial charge in [-0.3, -0.25) is 4.79 Å². The van der Waals surface area contributed by atoms with Gasteiger partial charge < -0.3 is 11.1 Å². The van der Waals surface area contributed by atoms with Crippen LogP contribution in [-0.4, -0.2) is 5.91 Å². The summed E-state index contributed by atoms with van der Waals surface area (Å²) in [6, 6.07) is 5.13. The van der Waals surface area contributed by atoms with E-state index in [9.17, 15) is 4.79 Å². The van der Waals surface area contributed by atoms with E-state index in [1.165, 1.54) is 70.6 Å². The van der Waals surface area contributed by atoms with Crippen molar-refractivity contribution in [1.82, 2.24) is 0 Å². The summed E-state index contributed by atoms with van der Waals surface area (Å²) in [6.45, 7) is 2.26. The molecule has 28 heavy (non-hydrogen) atoms. The predicted octanol–water partition coefficient (Wildman–Crippen LogP) is 7.90. The minimum absolute atomic E-state index is 0.0200. The van der Waals surface area contributed by atoms with Gasteiger partial charge in [0.25, 0.3) is 0 Å². The van der Waals surface area contributed by atoms with Crippen LogP contribution in [0.2, 0.25) is 5.02 Å². The molecule has 0 saturated carbocycles. The highest BCUT2D eigenvalue weighted by molar-refractivity contribution is 6.31. The molecule has 1 amide bonds. The number of nitrogens with one attached hydrogen (secondary N) is 1. The third kappa shape index (κ3) is 12.8. The van der Waals surface area contributed by atoms with E-state index < -0.39 is 0 Å². The van der Waals surface area contributed by atoms with Crippen LogP contribution in [0.1, 0.15) is 96.8 Å². The molecular weight excluding hydrogens is 368 g/mol. The number of hydrogen-bond acceptors (Lipinski definition) is 2. The number of hydrogen-bond donors (Lipinski definition) is 2. The molecule has 0 radical (unpaired) electrons. The fourth-order valence-electron chi connectivity index (χ4n) is 3.22. The van der Waals surface area contributed by atoms with Gasteiger partial charge in [0.05, 0.1) is 11.4 Å². The number of nitrogen functional groups attached to an aromatic ring is 1. The first-order chi connectivity index (χ1) is 13.6. The highest BCUT2D eigenvalue weighted by Gasteiger charge is 2.05. The Labute approximate surface area is 177 Å². The molecule has 0 aromatic heterocycles. The molecule has 3 N–H and O–H groups in total. The zero-order valence-electron chi connectivity index (χ0n) is 17.6. The monoisotopic (exact) mass is 406 g/mol. The van der Waals surface area contributed by atoms with Gasteiger partial charge in [0.15, 0.2) is 0 Å². The van der Waals surface area contributed by atoms with Gasteiger partial charge in [0, 0.05) is 11.4 Å². The molecule has 0 aliphatic carbocycles. The summed E-state index contributed by atoms with van der Waals surface area (Å²) in [7, 11) is 0. The van der Waals surface area contributed by atoms with Crippen molar-refractivity contribution >= 4 is 28.9 Å².